The number of rotatable bonds is 3. The molecule has 0 saturated heterocycles. The quantitative estimate of drug-likeness (QED) is 0.870. The van der Waals surface area contributed by atoms with Crippen molar-refractivity contribution in [1.82, 2.24) is 4.98 Å². The lowest BCUT2D eigenvalue weighted by Crippen LogP contribution is -2.36. The van der Waals surface area contributed by atoms with Gasteiger partial charge in [0, 0.05) is 18.5 Å². The number of amides is 1. The molecule has 2 aromatic rings. The number of carbonyl (C=O) groups is 1. The van der Waals surface area contributed by atoms with Gasteiger partial charge in [0.1, 0.15) is 5.03 Å². The molecule has 6 heteroatoms. The van der Waals surface area contributed by atoms with E-state index in [1.54, 1.807) is 41.9 Å². The number of thioether (sulfide) groups is 1. The van der Waals surface area contributed by atoms with E-state index in [0.717, 1.165) is 16.5 Å². The Morgan fingerprint density at radius 1 is 1.41 bits per heavy atom. The van der Waals surface area contributed by atoms with Crippen LogP contribution in [0.15, 0.2) is 41.6 Å². The summed E-state index contributed by atoms with van der Waals surface area (Å²) >= 11 is 1.61. The number of nitrogens with zero attached hydrogens (tertiary/aromatic N) is 2. The van der Waals surface area contributed by atoms with Gasteiger partial charge in [0.15, 0.2) is 11.6 Å². The van der Waals surface area contributed by atoms with Crippen LogP contribution >= 0.6 is 11.8 Å². The molecule has 4 nitrogen and oxygen atoms in total. The first-order valence-corrected chi connectivity index (χ1v) is 8.02. The maximum Gasteiger partial charge on any atom is 0.262 e. The highest BCUT2D eigenvalue weighted by molar-refractivity contribution is 7.99. The zero-order valence-electron chi connectivity index (χ0n) is 12.1. The summed E-state index contributed by atoms with van der Waals surface area (Å²) in [7, 11) is 0. The standard InChI is InChI=1S/C16H15FN2O2S/c1-2-21-14-11(5-3-6-12(14)17)16(20)19-9-10-22-15-13(19)7-4-8-18-15/h3-8H,2,9-10H2,1H3. The van der Waals surface area contributed by atoms with Crippen molar-refractivity contribution in [3.63, 3.8) is 0 Å². The summed E-state index contributed by atoms with van der Waals surface area (Å²) in [5.74, 6) is -0.0173. The molecule has 0 atom stereocenters. The van der Waals surface area contributed by atoms with Crippen LogP contribution in [0, 0.1) is 5.82 Å². The van der Waals surface area contributed by atoms with E-state index in [1.807, 2.05) is 6.07 Å². The third-order valence-electron chi connectivity index (χ3n) is 3.33. The number of para-hydroxylation sites is 1. The average Bonchev–Trinajstić information content (AvgIpc) is 2.56. The molecule has 0 saturated carbocycles. The van der Waals surface area contributed by atoms with Crippen molar-refractivity contribution < 1.29 is 13.9 Å². The van der Waals surface area contributed by atoms with Crippen LogP contribution < -0.4 is 9.64 Å². The van der Waals surface area contributed by atoms with Crippen molar-refractivity contribution >= 4 is 23.4 Å². The van der Waals surface area contributed by atoms with E-state index in [-0.39, 0.29) is 17.2 Å². The molecular weight excluding hydrogens is 303 g/mol. The number of carbonyl (C=O) groups excluding carboxylic acids is 1. The van der Waals surface area contributed by atoms with Crippen LogP contribution in [0.4, 0.5) is 10.1 Å². The molecule has 1 aromatic carbocycles. The highest BCUT2D eigenvalue weighted by Gasteiger charge is 2.27. The maximum atomic E-state index is 13.9. The Bertz CT molecular complexity index is 708. The van der Waals surface area contributed by atoms with Gasteiger partial charge in [-0.1, -0.05) is 6.07 Å². The fourth-order valence-corrected chi connectivity index (χ4v) is 3.31. The normalized spacial score (nSPS) is 13.6. The largest absolute Gasteiger partial charge is 0.490 e. The van der Waals surface area contributed by atoms with Gasteiger partial charge in [-0.05, 0) is 31.2 Å². The molecule has 0 spiro atoms. The molecule has 1 amide bonds. The Balaban J connectivity index is 2.01. The minimum atomic E-state index is -0.523. The highest BCUT2D eigenvalue weighted by Crippen LogP contribution is 2.34. The van der Waals surface area contributed by atoms with Crippen LogP contribution in [-0.4, -0.2) is 29.8 Å². The summed E-state index contributed by atoms with van der Waals surface area (Å²) in [5.41, 5.74) is 0.999. The van der Waals surface area contributed by atoms with Crippen molar-refractivity contribution in [3.05, 3.63) is 47.9 Å². The molecule has 0 aliphatic carbocycles. The van der Waals surface area contributed by atoms with Crippen molar-refractivity contribution in [1.29, 1.82) is 0 Å². The minimum absolute atomic E-state index is 0.0127. The van der Waals surface area contributed by atoms with E-state index >= 15 is 0 Å². The molecule has 1 aliphatic heterocycles. The Hall–Kier alpha value is -2.08. The second-order valence-corrected chi connectivity index (χ2v) is 5.77. The van der Waals surface area contributed by atoms with Crippen LogP contribution in [-0.2, 0) is 0 Å². The molecule has 1 aromatic heterocycles. The van der Waals surface area contributed by atoms with E-state index in [2.05, 4.69) is 4.98 Å². The first-order chi connectivity index (χ1) is 10.7. The summed E-state index contributed by atoms with van der Waals surface area (Å²) in [6.45, 7) is 2.62. The molecule has 3 rings (SSSR count). The lowest BCUT2D eigenvalue weighted by molar-refractivity contribution is 0.0983. The number of pyridine rings is 1. The number of fused-ring (bicyclic) bond motifs is 1. The molecule has 0 fully saturated rings. The summed E-state index contributed by atoms with van der Waals surface area (Å²) in [5, 5.41) is 0.816. The van der Waals surface area contributed by atoms with Gasteiger partial charge in [-0.15, -0.1) is 11.8 Å². The second-order valence-electron chi connectivity index (χ2n) is 4.68. The molecule has 0 unspecified atom stereocenters. The van der Waals surface area contributed by atoms with Crippen molar-refractivity contribution in [2.45, 2.75) is 11.9 Å². The zero-order valence-corrected chi connectivity index (χ0v) is 12.9. The Morgan fingerprint density at radius 3 is 3.09 bits per heavy atom. The summed E-state index contributed by atoms with van der Waals surface area (Å²) < 4.78 is 19.3. The second kappa shape index (κ2) is 6.36. The lowest BCUT2D eigenvalue weighted by atomic mass is 10.1. The van der Waals surface area contributed by atoms with Crippen LogP contribution in [0.2, 0.25) is 0 Å². The first-order valence-electron chi connectivity index (χ1n) is 7.03. The van der Waals surface area contributed by atoms with Gasteiger partial charge >= 0.3 is 0 Å². The van der Waals surface area contributed by atoms with Gasteiger partial charge in [-0.2, -0.15) is 0 Å². The third kappa shape index (κ3) is 2.66. The summed E-state index contributed by atoms with van der Waals surface area (Å²) in [4.78, 5) is 18.8. The van der Waals surface area contributed by atoms with E-state index in [1.165, 1.54) is 12.1 Å². The fraction of sp³-hybridized carbons (Fsp3) is 0.250. The molecule has 0 N–H and O–H groups in total. The minimum Gasteiger partial charge on any atom is -0.490 e. The molecular formula is C16H15FN2O2S. The van der Waals surface area contributed by atoms with Crippen molar-refractivity contribution in [2.75, 3.05) is 23.8 Å². The van der Waals surface area contributed by atoms with Gasteiger partial charge < -0.3 is 9.64 Å². The van der Waals surface area contributed by atoms with Crippen LogP contribution in [0.25, 0.3) is 0 Å². The van der Waals surface area contributed by atoms with Crippen LogP contribution in [0.1, 0.15) is 17.3 Å². The highest BCUT2D eigenvalue weighted by atomic mass is 32.2. The third-order valence-corrected chi connectivity index (χ3v) is 4.30. The summed E-state index contributed by atoms with van der Waals surface area (Å²) in [6.07, 6.45) is 1.70. The number of anilines is 1. The smallest absolute Gasteiger partial charge is 0.262 e. The SMILES string of the molecule is CCOc1c(F)cccc1C(=O)N1CCSc2ncccc21. The van der Waals surface area contributed by atoms with Gasteiger partial charge in [-0.25, -0.2) is 9.37 Å². The molecule has 0 radical (unpaired) electrons. The number of hydrogen-bond acceptors (Lipinski definition) is 4. The fourth-order valence-electron chi connectivity index (χ4n) is 2.38. The van der Waals surface area contributed by atoms with Gasteiger partial charge in [-0.3, -0.25) is 4.79 Å². The monoisotopic (exact) mass is 318 g/mol. The molecule has 114 valence electrons. The predicted molar refractivity (Wildman–Crippen MR) is 84.2 cm³/mol. The van der Waals surface area contributed by atoms with Crippen molar-refractivity contribution in [3.8, 4) is 5.75 Å². The number of hydrogen-bond donors (Lipinski definition) is 0. The number of benzene rings is 1. The molecule has 0 bridgehead atoms. The van der Waals surface area contributed by atoms with E-state index < -0.39 is 5.82 Å². The number of aromatic nitrogens is 1. The summed E-state index contributed by atoms with van der Waals surface area (Å²) in [6, 6.07) is 8.05. The predicted octanol–water partition coefficient (Wildman–Crippen LogP) is 3.37. The van der Waals surface area contributed by atoms with Crippen LogP contribution in [0.3, 0.4) is 0 Å². The zero-order chi connectivity index (χ0) is 15.5. The molecule has 2 heterocycles. The lowest BCUT2D eigenvalue weighted by Gasteiger charge is -2.28. The van der Waals surface area contributed by atoms with Gasteiger partial charge in [0.2, 0.25) is 0 Å². The van der Waals surface area contributed by atoms with Crippen LogP contribution in [0.5, 0.6) is 5.75 Å². The maximum absolute atomic E-state index is 13.9. The Labute approximate surface area is 132 Å². The Morgan fingerprint density at radius 2 is 2.27 bits per heavy atom. The average molecular weight is 318 g/mol. The van der Waals surface area contributed by atoms with Crippen molar-refractivity contribution in [2.24, 2.45) is 0 Å². The Kier molecular flexibility index (Phi) is 4.29. The number of ether oxygens (including phenoxy) is 1. The van der Waals surface area contributed by atoms with E-state index in [0.29, 0.717) is 13.2 Å². The molecule has 22 heavy (non-hydrogen) atoms. The van der Waals surface area contributed by atoms with E-state index in [9.17, 15) is 9.18 Å². The number of halogens is 1. The first kappa shape index (κ1) is 14.8. The molecule has 1 aliphatic rings. The van der Waals surface area contributed by atoms with E-state index in [4.69, 9.17) is 4.74 Å². The van der Waals surface area contributed by atoms with Gasteiger partial charge in [0.25, 0.3) is 5.91 Å². The topological polar surface area (TPSA) is 42.4 Å². The van der Waals surface area contributed by atoms with Gasteiger partial charge in [0.05, 0.1) is 17.9 Å².